The van der Waals surface area contributed by atoms with Crippen LogP contribution >= 0.6 is 12.6 Å². The lowest BCUT2D eigenvalue weighted by atomic mass is 9.85. The van der Waals surface area contributed by atoms with Gasteiger partial charge in [0.25, 0.3) is 0 Å². The van der Waals surface area contributed by atoms with E-state index in [1.807, 2.05) is 0 Å². The van der Waals surface area contributed by atoms with Gasteiger partial charge in [0.2, 0.25) is 0 Å². The summed E-state index contributed by atoms with van der Waals surface area (Å²) in [5.74, 6) is 1.49. The number of rotatable bonds is 4. The molecule has 3 N–H and O–H groups in total. The van der Waals surface area contributed by atoms with E-state index in [0.717, 1.165) is 33.2 Å². The van der Waals surface area contributed by atoms with E-state index >= 15 is 0 Å². The summed E-state index contributed by atoms with van der Waals surface area (Å²) < 4.78 is 0. The first kappa shape index (κ1) is 28.6. The predicted molar refractivity (Wildman–Crippen MR) is 98.3 cm³/mol. The molecule has 0 aromatic heterocycles. The van der Waals surface area contributed by atoms with Crippen molar-refractivity contribution >= 4 is 12.6 Å². The van der Waals surface area contributed by atoms with Crippen LogP contribution in [0, 0.1) is 5.92 Å². The lowest BCUT2D eigenvalue weighted by Gasteiger charge is -2.20. The summed E-state index contributed by atoms with van der Waals surface area (Å²) >= 11 is 3.53. The molecule has 1 atom stereocenters. The SMILES string of the molecule is CCCC(c1ccccc1)C(C)C.CO.CO.CO.CS. The summed E-state index contributed by atoms with van der Waals surface area (Å²) in [4.78, 5) is 0. The van der Waals surface area contributed by atoms with Gasteiger partial charge in [0.1, 0.15) is 0 Å². The van der Waals surface area contributed by atoms with Crippen molar-refractivity contribution in [1.29, 1.82) is 0 Å². The maximum atomic E-state index is 7.00. The summed E-state index contributed by atoms with van der Waals surface area (Å²) in [6, 6.07) is 10.9. The van der Waals surface area contributed by atoms with Gasteiger partial charge < -0.3 is 15.3 Å². The first-order chi connectivity index (χ1) is 10.3. The minimum atomic E-state index is 0.742. The zero-order valence-corrected chi connectivity index (χ0v) is 15.6. The van der Waals surface area contributed by atoms with Crippen LogP contribution in [0.1, 0.15) is 45.1 Å². The van der Waals surface area contributed by atoms with E-state index in [9.17, 15) is 0 Å². The highest BCUT2D eigenvalue weighted by molar-refractivity contribution is 7.79. The van der Waals surface area contributed by atoms with Gasteiger partial charge in [-0.2, -0.15) is 12.6 Å². The Morgan fingerprint density at radius 3 is 1.52 bits per heavy atom. The highest BCUT2D eigenvalue weighted by atomic mass is 32.1. The van der Waals surface area contributed by atoms with Crippen molar-refractivity contribution in [2.45, 2.75) is 39.5 Å². The van der Waals surface area contributed by atoms with Crippen LogP contribution in [-0.4, -0.2) is 42.9 Å². The van der Waals surface area contributed by atoms with Gasteiger partial charge in [-0.05, 0) is 30.1 Å². The van der Waals surface area contributed by atoms with E-state index in [-0.39, 0.29) is 0 Å². The van der Waals surface area contributed by atoms with Crippen molar-refractivity contribution in [3.05, 3.63) is 35.9 Å². The van der Waals surface area contributed by atoms with Crippen molar-refractivity contribution in [2.75, 3.05) is 27.6 Å². The van der Waals surface area contributed by atoms with Gasteiger partial charge in [0.15, 0.2) is 0 Å². The molecule has 0 amide bonds. The van der Waals surface area contributed by atoms with Gasteiger partial charge in [-0.25, -0.2) is 0 Å². The Morgan fingerprint density at radius 2 is 1.24 bits per heavy atom. The molecule has 0 radical (unpaired) electrons. The smallest absolute Gasteiger partial charge is 0.0319 e. The summed E-state index contributed by atoms with van der Waals surface area (Å²) in [5, 5.41) is 21.0. The van der Waals surface area contributed by atoms with Crippen LogP contribution in [0.25, 0.3) is 0 Å². The second-order valence-electron chi connectivity index (χ2n) is 4.05. The highest BCUT2D eigenvalue weighted by Crippen LogP contribution is 2.28. The maximum absolute atomic E-state index is 7.00. The first-order valence-corrected chi connectivity index (χ1v) is 7.99. The van der Waals surface area contributed by atoms with E-state index in [2.05, 4.69) is 63.7 Å². The van der Waals surface area contributed by atoms with Crippen LogP contribution in [0.2, 0.25) is 0 Å². The molecule has 21 heavy (non-hydrogen) atoms. The number of hydrogen-bond acceptors (Lipinski definition) is 4. The van der Waals surface area contributed by atoms with Crippen LogP contribution in [-0.2, 0) is 0 Å². The van der Waals surface area contributed by atoms with Crippen molar-refractivity contribution in [3.63, 3.8) is 0 Å². The van der Waals surface area contributed by atoms with Gasteiger partial charge in [-0.3, -0.25) is 0 Å². The molecule has 3 nitrogen and oxygen atoms in total. The molecule has 0 spiro atoms. The van der Waals surface area contributed by atoms with Crippen LogP contribution < -0.4 is 0 Å². The fraction of sp³-hybridized carbons (Fsp3) is 0.647. The van der Waals surface area contributed by atoms with Crippen molar-refractivity contribution in [1.82, 2.24) is 0 Å². The van der Waals surface area contributed by atoms with Crippen LogP contribution in [0.5, 0.6) is 0 Å². The molecule has 0 saturated heterocycles. The standard InChI is InChI=1S/C13H20.3CH4O.CH4S/c1-4-8-13(11(2)3)12-9-6-5-7-10-12;4*1-2/h5-7,9-11,13H,4,8H2,1-3H3;4*2H,1H3. The molecule has 0 aliphatic heterocycles. The van der Waals surface area contributed by atoms with E-state index in [1.165, 1.54) is 18.4 Å². The molecule has 1 aromatic rings. The molecule has 0 saturated carbocycles. The molecule has 0 aliphatic carbocycles. The largest absolute Gasteiger partial charge is 0.400 e. The molecule has 0 aliphatic rings. The molecule has 1 unspecified atom stereocenters. The van der Waals surface area contributed by atoms with Crippen LogP contribution in [0.4, 0.5) is 0 Å². The van der Waals surface area contributed by atoms with E-state index in [4.69, 9.17) is 15.3 Å². The molecule has 1 rings (SSSR count). The van der Waals surface area contributed by atoms with Crippen molar-refractivity contribution < 1.29 is 15.3 Å². The lowest BCUT2D eigenvalue weighted by Crippen LogP contribution is -2.05. The van der Waals surface area contributed by atoms with Crippen LogP contribution in [0.3, 0.4) is 0 Å². The Kier molecular flexibility index (Phi) is 37.8. The Bertz CT molecular complexity index is 241. The summed E-state index contributed by atoms with van der Waals surface area (Å²) in [6.07, 6.45) is 4.28. The summed E-state index contributed by atoms with van der Waals surface area (Å²) in [5.41, 5.74) is 1.50. The molecular formula is C17H36O3S. The van der Waals surface area contributed by atoms with E-state index in [0.29, 0.717) is 0 Å². The third-order valence-corrected chi connectivity index (χ3v) is 2.63. The Balaban J connectivity index is -0.000000156. The van der Waals surface area contributed by atoms with E-state index in [1.54, 1.807) is 6.26 Å². The van der Waals surface area contributed by atoms with Gasteiger partial charge >= 0.3 is 0 Å². The third kappa shape index (κ3) is 17.4. The molecule has 1 aromatic carbocycles. The molecule has 128 valence electrons. The maximum Gasteiger partial charge on any atom is 0.0319 e. The van der Waals surface area contributed by atoms with Gasteiger partial charge in [0.05, 0.1) is 0 Å². The predicted octanol–water partition coefficient (Wildman–Crippen LogP) is 3.60. The summed E-state index contributed by atoms with van der Waals surface area (Å²) in [6.45, 7) is 6.89. The molecular weight excluding hydrogens is 284 g/mol. The minimum Gasteiger partial charge on any atom is -0.400 e. The lowest BCUT2D eigenvalue weighted by molar-refractivity contribution is 0.399. The average molecular weight is 321 g/mol. The topological polar surface area (TPSA) is 60.7 Å². The second-order valence-corrected chi connectivity index (χ2v) is 4.05. The fourth-order valence-electron chi connectivity index (χ4n) is 1.90. The van der Waals surface area contributed by atoms with Crippen LogP contribution in [0.15, 0.2) is 30.3 Å². The first-order valence-electron chi connectivity index (χ1n) is 7.09. The third-order valence-electron chi connectivity index (χ3n) is 2.63. The molecule has 0 heterocycles. The zero-order valence-electron chi connectivity index (χ0n) is 14.7. The molecule has 4 heteroatoms. The van der Waals surface area contributed by atoms with Gasteiger partial charge in [-0.15, -0.1) is 0 Å². The molecule has 0 bridgehead atoms. The summed E-state index contributed by atoms with van der Waals surface area (Å²) in [7, 11) is 3.00. The van der Waals surface area contributed by atoms with Crippen molar-refractivity contribution in [3.8, 4) is 0 Å². The van der Waals surface area contributed by atoms with E-state index < -0.39 is 0 Å². The number of hydrogen-bond donors (Lipinski definition) is 4. The Morgan fingerprint density at radius 1 is 0.857 bits per heavy atom. The Hall–Kier alpha value is -0.550. The van der Waals surface area contributed by atoms with Gasteiger partial charge in [-0.1, -0.05) is 57.5 Å². The number of aliphatic hydroxyl groups is 3. The fourth-order valence-corrected chi connectivity index (χ4v) is 1.90. The quantitative estimate of drug-likeness (QED) is 0.641. The highest BCUT2D eigenvalue weighted by Gasteiger charge is 2.13. The normalized spacial score (nSPS) is 9.33. The second kappa shape index (κ2) is 27.7. The molecule has 0 fully saturated rings. The minimum absolute atomic E-state index is 0.742. The average Bonchev–Trinajstić information content (AvgIpc) is 2.60. The van der Waals surface area contributed by atoms with Crippen molar-refractivity contribution in [2.24, 2.45) is 5.92 Å². The monoisotopic (exact) mass is 320 g/mol. The number of benzene rings is 1. The number of aliphatic hydroxyl groups excluding tert-OH is 3. The number of thiol groups is 1. The Labute approximate surface area is 137 Å². The van der Waals surface area contributed by atoms with Gasteiger partial charge in [0, 0.05) is 21.3 Å². The zero-order chi connectivity index (χ0) is 17.7.